The van der Waals surface area contributed by atoms with Crippen LogP contribution >= 0.6 is 0 Å². The minimum atomic E-state index is -4.09. The zero-order chi connectivity index (χ0) is 14.4. The Bertz CT molecular complexity index is 508. The van der Waals surface area contributed by atoms with Crippen molar-refractivity contribution in [3.05, 3.63) is 24.3 Å². The van der Waals surface area contributed by atoms with Crippen molar-refractivity contribution in [2.75, 3.05) is 31.5 Å². The molecule has 2 N–H and O–H groups in total. The molecule has 0 bridgehead atoms. The summed E-state index contributed by atoms with van der Waals surface area (Å²) in [6.07, 6.45) is 4.93. The molecular weight excluding hydrogens is 276 g/mol. The lowest BCUT2D eigenvalue weighted by molar-refractivity contribution is 0.331. The van der Waals surface area contributed by atoms with E-state index in [1.54, 1.807) is 12.1 Å². The first-order valence-corrected chi connectivity index (χ1v) is 8.53. The van der Waals surface area contributed by atoms with Gasteiger partial charge in [0.15, 0.2) is 0 Å². The summed E-state index contributed by atoms with van der Waals surface area (Å²) in [6.45, 7) is 4.53. The molecule has 0 aliphatic carbocycles. The molecule has 0 saturated carbocycles. The zero-order valence-corrected chi connectivity index (χ0v) is 12.4. The van der Waals surface area contributed by atoms with Crippen LogP contribution in [0.25, 0.3) is 0 Å². The quantitative estimate of drug-likeness (QED) is 0.597. The van der Waals surface area contributed by atoms with Crippen molar-refractivity contribution in [1.82, 2.24) is 4.90 Å². The molecule has 1 saturated heterocycles. The molecule has 0 radical (unpaired) electrons. The average molecular weight is 298 g/mol. The van der Waals surface area contributed by atoms with Gasteiger partial charge in [-0.1, -0.05) is 0 Å². The molecule has 1 heterocycles. The lowest BCUT2D eigenvalue weighted by atomic mass is 10.2. The van der Waals surface area contributed by atoms with Crippen LogP contribution in [0.1, 0.15) is 25.7 Å². The number of anilines is 1. The predicted octanol–water partition coefficient (Wildman–Crippen LogP) is 2.22. The molecule has 0 spiro atoms. The van der Waals surface area contributed by atoms with Gasteiger partial charge < -0.3 is 10.2 Å². The molecule has 112 valence electrons. The highest BCUT2D eigenvalue weighted by Crippen LogP contribution is 2.14. The first-order valence-electron chi connectivity index (χ1n) is 7.09. The maximum Gasteiger partial charge on any atom is 0.294 e. The van der Waals surface area contributed by atoms with Crippen LogP contribution in [-0.2, 0) is 10.1 Å². The maximum atomic E-state index is 10.9. The van der Waals surface area contributed by atoms with Crippen LogP contribution in [0.3, 0.4) is 0 Å². The summed E-state index contributed by atoms with van der Waals surface area (Å²) in [5, 5.41) is 3.25. The minimum Gasteiger partial charge on any atom is -0.385 e. The Morgan fingerprint density at radius 2 is 1.75 bits per heavy atom. The van der Waals surface area contributed by atoms with Gasteiger partial charge in [-0.25, -0.2) is 0 Å². The Hall–Kier alpha value is -1.11. The van der Waals surface area contributed by atoms with E-state index in [4.69, 9.17) is 4.55 Å². The van der Waals surface area contributed by atoms with E-state index in [0.717, 1.165) is 18.7 Å². The smallest absolute Gasteiger partial charge is 0.294 e. The fourth-order valence-electron chi connectivity index (χ4n) is 2.44. The fraction of sp³-hybridized carbons (Fsp3) is 0.571. The first kappa shape index (κ1) is 15.3. The second-order valence-corrected chi connectivity index (χ2v) is 6.60. The third kappa shape index (κ3) is 4.77. The average Bonchev–Trinajstić information content (AvgIpc) is 2.91. The topological polar surface area (TPSA) is 69.6 Å². The molecule has 6 heteroatoms. The second kappa shape index (κ2) is 7.06. The Morgan fingerprint density at radius 1 is 1.10 bits per heavy atom. The van der Waals surface area contributed by atoms with Gasteiger partial charge in [0.25, 0.3) is 10.1 Å². The van der Waals surface area contributed by atoms with Gasteiger partial charge in [-0.2, -0.15) is 8.42 Å². The number of nitrogens with one attached hydrogen (secondary N) is 1. The standard InChI is InChI=1S/C14H22N2O3S/c17-20(18,19)14-7-5-13(6-8-14)15-9-1-2-10-16-11-3-4-12-16/h5-8,15H,1-4,9-12H2,(H,17,18,19). The minimum absolute atomic E-state index is 0.0721. The third-order valence-electron chi connectivity index (χ3n) is 3.58. The van der Waals surface area contributed by atoms with E-state index in [9.17, 15) is 8.42 Å². The van der Waals surface area contributed by atoms with Crippen molar-refractivity contribution in [2.45, 2.75) is 30.6 Å². The molecule has 1 aromatic carbocycles. The van der Waals surface area contributed by atoms with E-state index < -0.39 is 10.1 Å². The van der Waals surface area contributed by atoms with Crippen molar-refractivity contribution in [2.24, 2.45) is 0 Å². The largest absolute Gasteiger partial charge is 0.385 e. The molecule has 1 aromatic rings. The Balaban J connectivity index is 1.66. The van der Waals surface area contributed by atoms with Gasteiger partial charge in [0.05, 0.1) is 4.90 Å². The van der Waals surface area contributed by atoms with Crippen LogP contribution in [0, 0.1) is 0 Å². The van der Waals surface area contributed by atoms with Crippen molar-refractivity contribution >= 4 is 15.8 Å². The van der Waals surface area contributed by atoms with Crippen molar-refractivity contribution < 1.29 is 13.0 Å². The van der Waals surface area contributed by atoms with Gasteiger partial charge in [0.1, 0.15) is 0 Å². The number of benzene rings is 1. The molecule has 0 aromatic heterocycles. The normalized spacial score (nSPS) is 16.4. The number of nitrogens with zero attached hydrogens (tertiary/aromatic N) is 1. The summed E-state index contributed by atoms with van der Waals surface area (Å²) < 4.78 is 30.7. The van der Waals surface area contributed by atoms with E-state index in [-0.39, 0.29) is 4.90 Å². The molecule has 1 aliphatic rings. The van der Waals surface area contributed by atoms with Gasteiger partial charge in [-0.3, -0.25) is 4.55 Å². The van der Waals surface area contributed by atoms with E-state index in [1.807, 2.05) is 0 Å². The lowest BCUT2D eigenvalue weighted by Crippen LogP contribution is -2.20. The van der Waals surface area contributed by atoms with Crippen LogP contribution in [0.15, 0.2) is 29.2 Å². The van der Waals surface area contributed by atoms with Gasteiger partial charge in [-0.15, -0.1) is 0 Å². The number of rotatable bonds is 7. The number of hydrogen-bond acceptors (Lipinski definition) is 4. The zero-order valence-electron chi connectivity index (χ0n) is 11.6. The molecule has 5 nitrogen and oxygen atoms in total. The van der Waals surface area contributed by atoms with Crippen LogP contribution in [-0.4, -0.2) is 44.0 Å². The SMILES string of the molecule is O=S(=O)(O)c1ccc(NCCCCN2CCCC2)cc1. The number of likely N-dealkylation sites (tertiary alicyclic amines) is 1. The summed E-state index contributed by atoms with van der Waals surface area (Å²) in [5.41, 5.74) is 0.874. The Labute approximate surface area is 120 Å². The van der Waals surface area contributed by atoms with Crippen LogP contribution in [0.5, 0.6) is 0 Å². The van der Waals surface area contributed by atoms with Crippen molar-refractivity contribution in [1.29, 1.82) is 0 Å². The van der Waals surface area contributed by atoms with E-state index in [1.165, 1.54) is 51.0 Å². The van der Waals surface area contributed by atoms with Crippen molar-refractivity contribution in [3.63, 3.8) is 0 Å². The Kier molecular flexibility index (Phi) is 5.39. The highest BCUT2D eigenvalue weighted by Gasteiger charge is 2.10. The molecular formula is C14H22N2O3S. The number of hydrogen-bond donors (Lipinski definition) is 2. The first-order chi connectivity index (χ1) is 9.55. The van der Waals surface area contributed by atoms with Crippen LogP contribution < -0.4 is 5.32 Å². The van der Waals surface area contributed by atoms with E-state index in [2.05, 4.69) is 10.2 Å². The molecule has 1 fully saturated rings. The molecule has 0 atom stereocenters. The summed E-state index contributed by atoms with van der Waals surface area (Å²) in [4.78, 5) is 2.43. The Morgan fingerprint density at radius 3 is 2.35 bits per heavy atom. The molecule has 20 heavy (non-hydrogen) atoms. The van der Waals surface area contributed by atoms with E-state index >= 15 is 0 Å². The van der Waals surface area contributed by atoms with Crippen molar-refractivity contribution in [3.8, 4) is 0 Å². The lowest BCUT2D eigenvalue weighted by Gasteiger charge is -2.14. The predicted molar refractivity (Wildman–Crippen MR) is 79.7 cm³/mol. The molecule has 1 aliphatic heterocycles. The van der Waals surface area contributed by atoms with Gasteiger partial charge >= 0.3 is 0 Å². The summed E-state index contributed by atoms with van der Waals surface area (Å²) in [5.74, 6) is 0. The highest BCUT2D eigenvalue weighted by atomic mass is 32.2. The van der Waals surface area contributed by atoms with Gasteiger partial charge in [0, 0.05) is 12.2 Å². The summed E-state index contributed by atoms with van der Waals surface area (Å²) in [6, 6.07) is 6.15. The van der Waals surface area contributed by atoms with Crippen LogP contribution in [0.2, 0.25) is 0 Å². The summed E-state index contributed by atoms with van der Waals surface area (Å²) in [7, 11) is -4.09. The molecule has 2 rings (SSSR count). The van der Waals surface area contributed by atoms with Gasteiger partial charge in [-0.05, 0) is 69.6 Å². The monoisotopic (exact) mass is 298 g/mol. The third-order valence-corrected chi connectivity index (χ3v) is 4.45. The molecule has 0 unspecified atom stereocenters. The fourth-order valence-corrected chi connectivity index (χ4v) is 2.92. The highest BCUT2D eigenvalue weighted by molar-refractivity contribution is 7.85. The maximum absolute atomic E-state index is 10.9. The summed E-state index contributed by atoms with van der Waals surface area (Å²) >= 11 is 0. The number of unbranched alkanes of at least 4 members (excludes halogenated alkanes) is 1. The van der Waals surface area contributed by atoms with E-state index in [0.29, 0.717) is 0 Å². The molecule has 0 amide bonds. The van der Waals surface area contributed by atoms with Gasteiger partial charge in [0.2, 0.25) is 0 Å². The second-order valence-electron chi connectivity index (χ2n) is 5.18. The van der Waals surface area contributed by atoms with Crippen LogP contribution in [0.4, 0.5) is 5.69 Å².